The molecule has 0 aliphatic carbocycles. The van der Waals surface area contributed by atoms with Gasteiger partial charge in [-0.2, -0.15) is 0 Å². The van der Waals surface area contributed by atoms with Gasteiger partial charge >= 0.3 is 20.0 Å². The van der Waals surface area contributed by atoms with Crippen LogP contribution in [0.2, 0.25) is 0 Å². The minimum atomic E-state index is -4.64. The molecule has 2 saturated heterocycles. The number of nitrogens with zero attached hydrogens (tertiary/aromatic N) is 4. The smallest absolute Gasteiger partial charge is 0.466 e. The number of H-pyrrole nitrogens is 2. The molecule has 3 aliphatic rings. The fourth-order valence-corrected chi connectivity index (χ4v) is 9.77. The van der Waals surface area contributed by atoms with Crippen molar-refractivity contribution >= 4 is 53.6 Å². The third-order valence-corrected chi connectivity index (χ3v) is 12.9. The van der Waals surface area contributed by atoms with E-state index in [1.807, 2.05) is 51.1 Å². The largest absolute Gasteiger partial charge is 0.488 e. The maximum absolute atomic E-state index is 14.3. The number of aromatic nitrogens is 4. The maximum atomic E-state index is 14.3. The summed E-state index contributed by atoms with van der Waals surface area (Å²) in [5.74, 6) is 1.38. The van der Waals surface area contributed by atoms with Gasteiger partial charge in [0.25, 0.3) is 5.91 Å². The van der Waals surface area contributed by atoms with Crippen LogP contribution < -0.4 is 15.4 Å². The Morgan fingerprint density at radius 3 is 2.36 bits per heavy atom. The molecule has 9 rings (SSSR count). The lowest BCUT2D eigenvalue weighted by Gasteiger charge is -2.32. The molecule has 2 unspecified atom stereocenters. The van der Waals surface area contributed by atoms with E-state index in [9.17, 15) is 24.3 Å². The number of fused-ring (bicyclic) bond motifs is 6. The molecule has 4 amide bonds. The van der Waals surface area contributed by atoms with E-state index in [0.29, 0.717) is 49.8 Å². The second kappa shape index (κ2) is 20.0. The Bertz CT molecular complexity index is 2930. The van der Waals surface area contributed by atoms with Crippen molar-refractivity contribution in [3.63, 3.8) is 0 Å². The molecule has 3 aliphatic heterocycles. The topological polar surface area (TPSA) is 282 Å². The Morgan fingerprint density at radius 2 is 1.67 bits per heavy atom. The molecule has 5 heterocycles. The van der Waals surface area contributed by atoms with E-state index in [4.69, 9.17) is 43.4 Å². The van der Waals surface area contributed by atoms with Gasteiger partial charge in [0, 0.05) is 36.6 Å². The molecular formula is C48H55N8O12P. The number of carboxylic acid groups (broad SMARTS) is 1. The maximum Gasteiger partial charge on any atom is 0.466 e. The standard InChI is InChI=1S/C48H52N8O8.H3O4P/c1-25(2)40(53-47(59)60)46(58)56-26(3)11-16-37(56)44-50-35-15-13-29-19-34-32-14-12-30(18-31(32)24-64-39(34)20-33(29)42(35)52-44)36-21-49-43(51-36)38-17-27(23-62-4)22-55(38)45(57)41(54-48(61)63-5)28-9-7-6-8-10-28;1-5(2,3)4/h6-10,12-15,18-21,25-27,37-38,40-41,53H,11,16-17,22-24H2,1-5H3,(H,49,51)(H,50,52)(H,54,61)(H,59,60);(H3,1,2,3,4)/t26-,27-,37-,38-,40?,41?;/m0./s1. The molecule has 0 bridgehead atoms. The number of methoxy groups -OCH3 is 2. The molecule has 8 N–H and O–H groups in total. The molecule has 4 aromatic carbocycles. The van der Waals surface area contributed by atoms with Crippen LogP contribution in [0.1, 0.15) is 80.9 Å². The lowest BCUT2D eigenvalue weighted by Crippen LogP contribution is -2.52. The highest BCUT2D eigenvalue weighted by molar-refractivity contribution is 7.45. The number of likely N-dealkylation sites (tertiary alicyclic amines) is 2. The lowest BCUT2D eigenvalue weighted by atomic mass is 9.92. The number of hydrogen-bond donors (Lipinski definition) is 8. The van der Waals surface area contributed by atoms with Gasteiger partial charge in [-0.3, -0.25) is 9.59 Å². The monoisotopic (exact) mass is 966 g/mol. The van der Waals surface area contributed by atoms with Crippen molar-refractivity contribution in [2.24, 2.45) is 11.8 Å². The highest BCUT2D eigenvalue weighted by Gasteiger charge is 2.43. The average Bonchev–Trinajstić information content (AvgIpc) is 4.14. The zero-order chi connectivity index (χ0) is 49.3. The van der Waals surface area contributed by atoms with Crippen LogP contribution in [-0.2, 0) is 30.2 Å². The number of rotatable bonds is 11. The summed E-state index contributed by atoms with van der Waals surface area (Å²) in [5, 5.41) is 16.5. The minimum Gasteiger partial charge on any atom is -0.488 e. The molecule has 6 atom stereocenters. The van der Waals surface area contributed by atoms with Gasteiger partial charge in [0.15, 0.2) is 0 Å². The number of phosphoric acid groups is 1. The van der Waals surface area contributed by atoms with E-state index in [1.165, 1.54) is 7.11 Å². The summed E-state index contributed by atoms with van der Waals surface area (Å²) in [4.78, 5) is 94.1. The molecule has 0 radical (unpaired) electrons. The van der Waals surface area contributed by atoms with Crippen molar-refractivity contribution in [3.05, 3.63) is 102 Å². The molecule has 2 fully saturated rings. The minimum absolute atomic E-state index is 0.0646. The zero-order valence-corrected chi connectivity index (χ0v) is 39.5. The summed E-state index contributed by atoms with van der Waals surface area (Å²) in [6, 6.07) is 21.0. The first-order valence-corrected chi connectivity index (χ1v) is 24.0. The summed E-state index contributed by atoms with van der Waals surface area (Å²) >= 11 is 0. The quantitative estimate of drug-likeness (QED) is 0.0627. The number of alkyl carbamates (subject to hydrolysis) is 1. The van der Waals surface area contributed by atoms with Crippen molar-refractivity contribution < 1.29 is 57.7 Å². The van der Waals surface area contributed by atoms with E-state index in [-0.39, 0.29) is 41.8 Å². The number of amides is 4. The Morgan fingerprint density at radius 1 is 0.913 bits per heavy atom. The number of ether oxygens (including phenoxy) is 3. The van der Waals surface area contributed by atoms with Crippen LogP contribution in [-0.4, -0.2) is 113 Å². The predicted molar refractivity (Wildman–Crippen MR) is 252 cm³/mol. The number of carbonyl (C=O) groups is 4. The van der Waals surface area contributed by atoms with Gasteiger partial charge in [0.2, 0.25) is 5.91 Å². The first-order valence-electron chi connectivity index (χ1n) is 22.5. The molecule has 2 aromatic heterocycles. The van der Waals surface area contributed by atoms with Crippen molar-refractivity contribution in [1.29, 1.82) is 0 Å². The van der Waals surface area contributed by atoms with Crippen LogP contribution in [0.25, 0.3) is 44.2 Å². The summed E-state index contributed by atoms with van der Waals surface area (Å²) in [7, 11) is -1.72. The summed E-state index contributed by atoms with van der Waals surface area (Å²) in [6.07, 6.45) is 1.98. The molecule has 0 spiro atoms. The highest BCUT2D eigenvalue weighted by Crippen LogP contribution is 2.44. The normalized spacial score (nSPS) is 19.6. The second-order valence-corrected chi connectivity index (χ2v) is 18.9. The van der Waals surface area contributed by atoms with Gasteiger partial charge in [-0.25, -0.2) is 24.1 Å². The van der Waals surface area contributed by atoms with Crippen LogP contribution in [0, 0.1) is 11.8 Å². The van der Waals surface area contributed by atoms with Crippen LogP contribution in [0.15, 0.2) is 79.0 Å². The third-order valence-electron chi connectivity index (χ3n) is 12.9. The molecule has 0 saturated carbocycles. The fraction of sp³-hybridized carbons (Fsp3) is 0.375. The Labute approximate surface area is 396 Å². The van der Waals surface area contributed by atoms with Crippen molar-refractivity contribution in [2.75, 3.05) is 27.4 Å². The van der Waals surface area contributed by atoms with Gasteiger partial charge in [0.1, 0.15) is 36.1 Å². The lowest BCUT2D eigenvalue weighted by molar-refractivity contribution is -0.137. The first kappa shape index (κ1) is 48.6. The Balaban J connectivity index is 0.00000122. The van der Waals surface area contributed by atoms with Gasteiger partial charge < -0.3 is 64.4 Å². The molecule has 21 heteroatoms. The van der Waals surface area contributed by atoms with E-state index in [0.717, 1.165) is 61.9 Å². The number of benzene rings is 4. The van der Waals surface area contributed by atoms with E-state index in [1.54, 1.807) is 35.2 Å². The van der Waals surface area contributed by atoms with Crippen LogP contribution >= 0.6 is 7.82 Å². The molecule has 69 heavy (non-hydrogen) atoms. The second-order valence-electron chi connectivity index (χ2n) is 17.9. The summed E-state index contributed by atoms with van der Waals surface area (Å²) < 4.78 is 25.7. The van der Waals surface area contributed by atoms with Gasteiger partial charge in [-0.1, -0.05) is 62.4 Å². The van der Waals surface area contributed by atoms with E-state index in [2.05, 4.69) is 50.9 Å². The van der Waals surface area contributed by atoms with Crippen molar-refractivity contribution in [2.45, 2.75) is 76.8 Å². The van der Waals surface area contributed by atoms with Crippen LogP contribution in [0.4, 0.5) is 9.59 Å². The summed E-state index contributed by atoms with van der Waals surface area (Å²) in [5.41, 5.74) is 7.00. The average molecular weight is 967 g/mol. The number of carbonyl (C=O) groups excluding carboxylic acids is 3. The van der Waals surface area contributed by atoms with E-state index < -0.39 is 32.1 Å². The first-order chi connectivity index (χ1) is 32.9. The molecule has 364 valence electrons. The molecular weight excluding hydrogens is 912 g/mol. The van der Waals surface area contributed by atoms with E-state index >= 15 is 0 Å². The SMILES string of the molecule is COC[C@H]1C[C@@H](c2ncc(-c3ccc4c(c3)COc3cc5c(ccc6[nH]c([C@@H]7CC[C@H](C)N7C(=O)C(NC(=O)O)C(C)C)nc65)cc3-4)[nH]2)N(C(=O)C(NC(=O)OC)c2ccccc2)C1.O=P(O)(O)O. The molecule has 20 nitrogen and oxygen atoms in total. The fourth-order valence-electron chi connectivity index (χ4n) is 9.77. The van der Waals surface area contributed by atoms with Crippen LogP contribution in [0.5, 0.6) is 5.75 Å². The number of hydrogen-bond acceptors (Lipinski definition) is 10. The van der Waals surface area contributed by atoms with Gasteiger partial charge in [0.05, 0.1) is 48.7 Å². The summed E-state index contributed by atoms with van der Waals surface area (Å²) in [6.45, 7) is 6.92. The van der Waals surface area contributed by atoms with Crippen molar-refractivity contribution in [1.82, 2.24) is 40.4 Å². The van der Waals surface area contributed by atoms with Gasteiger partial charge in [-0.05, 0) is 84.0 Å². The van der Waals surface area contributed by atoms with Crippen LogP contribution in [0.3, 0.4) is 0 Å². The van der Waals surface area contributed by atoms with Crippen molar-refractivity contribution in [3.8, 4) is 28.1 Å². The number of nitrogens with one attached hydrogen (secondary N) is 4. The third kappa shape index (κ3) is 10.4. The van der Waals surface area contributed by atoms with Gasteiger partial charge in [-0.15, -0.1) is 0 Å². The zero-order valence-electron chi connectivity index (χ0n) is 38.6. The highest BCUT2D eigenvalue weighted by atomic mass is 31.2. The Kier molecular flexibility index (Phi) is 14.1. The predicted octanol–water partition coefficient (Wildman–Crippen LogP) is 6.71. The number of aromatic amines is 2. The number of imidazole rings is 2. The molecule has 6 aromatic rings. The Hall–Kier alpha value is -6.83.